The number of hydrogen-bond acceptors (Lipinski definition) is 2. The summed E-state index contributed by atoms with van der Waals surface area (Å²) in [4.78, 5) is 16.4. The van der Waals surface area contributed by atoms with Crippen LogP contribution in [0.1, 0.15) is 15.9 Å². The highest BCUT2D eigenvalue weighted by molar-refractivity contribution is 6.16. The van der Waals surface area contributed by atoms with Crippen molar-refractivity contribution in [2.75, 3.05) is 0 Å². The molecule has 0 N–H and O–H groups in total. The number of ketones is 1. The molecule has 0 atom stereocenters. The van der Waals surface area contributed by atoms with E-state index < -0.39 is 17.4 Å². The number of carbonyl (C=O) groups excluding carboxylic acids is 1. The molecule has 0 spiro atoms. The molecule has 3 aromatic rings. The average Bonchev–Trinajstić information content (AvgIpc) is 2.45. The summed E-state index contributed by atoms with van der Waals surface area (Å²) in [5.41, 5.74) is 0.390. The normalized spacial score (nSPS) is 10.7. The van der Waals surface area contributed by atoms with Crippen LogP contribution in [0.4, 0.5) is 8.78 Å². The Morgan fingerprint density at radius 3 is 2.50 bits per heavy atom. The predicted octanol–water partition coefficient (Wildman–Crippen LogP) is 3.74. The quantitative estimate of drug-likeness (QED) is 0.663. The highest BCUT2D eigenvalue weighted by atomic mass is 19.1. The van der Waals surface area contributed by atoms with Crippen LogP contribution in [-0.2, 0) is 0 Å². The number of halogens is 2. The summed E-state index contributed by atoms with van der Waals surface area (Å²) >= 11 is 0. The second-order valence-corrected chi connectivity index (χ2v) is 4.39. The van der Waals surface area contributed by atoms with Gasteiger partial charge in [0.15, 0.2) is 5.78 Å². The zero-order valence-corrected chi connectivity index (χ0v) is 10.3. The first-order valence-electron chi connectivity index (χ1n) is 5.99. The number of nitrogens with zero attached hydrogens (tertiary/aromatic N) is 1. The van der Waals surface area contributed by atoms with Gasteiger partial charge >= 0.3 is 0 Å². The molecule has 0 aliphatic heterocycles. The van der Waals surface area contributed by atoms with Gasteiger partial charge in [0.05, 0.1) is 0 Å². The minimum atomic E-state index is -0.768. The Bertz CT molecular complexity index is 789. The molecule has 4 heteroatoms. The molecule has 0 saturated carbocycles. The van der Waals surface area contributed by atoms with Crippen LogP contribution in [0.25, 0.3) is 10.8 Å². The fraction of sp³-hybridized carbons (Fsp3) is 0. The lowest BCUT2D eigenvalue weighted by atomic mass is 9.98. The number of pyridine rings is 1. The van der Waals surface area contributed by atoms with Gasteiger partial charge in [-0.25, -0.2) is 8.78 Å². The first-order valence-corrected chi connectivity index (χ1v) is 5.99. The van der Waals surface area contributed by atoms with Crippen molar-refractivity contribution in [2.24, 2.45) is 0 Å². The van der Waals surface area contributed by atoms with Gasteiger partial charge < -0.3 is 0 Å². The predicted molar refractivity (Wildman–Crippen MR) is 71.5 cm³/mol. The minimum absolute atomic E-state index is 0.00758. The van der Waals surface area contributed by atoms with E-state index in [-0.39, 0.29) is 5.56 Å². The summed E-state index contributed by atoms with van der Waals surface area (Å²) < 4.78 is 26.4. The number of fused-ring (bicyclic) bond motifs is 1. The van der Waals surface area contributed by atoms with Crippen LogP contribution < -0.4 is 0 Å². The molecule has 3 rings (SSSR count). The highest BCUT2D eigenvalue weighted by Gasteiger charge is 2.14. The van der Waals surface area contributed by atoms with E-state index >= 15 is 0 Å². The molecule has 1 aromatic heterocycles. The topological polar surface area (TPSA) is 30.0 Å². The average molecular weight is 269 g/mol. The van der Waals surface area contributed by atoms with Crippen LogP contribution in [0, 0.1) is 11.6 Å². The summed E-state index contributed by atoms with van der Waals surface area (Å²) in [7, 11) is 0. The monoisotopic (exact) mass is 269 g/mol. The van der Waals surface area contributed by atoms with E-state index in [1.54, 1.807) is 30.6 Å². The molecular formula is C16H9F2NO. The van der Waals surface area contributed by atoms with E-state index in [1.807, 2.05) is 6.07 Å². The van der Waals surface area contributed by atoms with Crippen molar-refractivity contribution in [2.45, 2.75) is 0 Å². The van der Waals surface area contributed by atoms with Crippen LogP contribution in [0.3, 0.4) is 0 Å². The second-order valence-electron chi connectivity index (χ2n) is 4.39. The molecule has 0 aliphatic carbocycles. The Labute approximate surface area is 113 Å². The lowest BCUT2D eigenvalue weighted by Gasteiger charge is -2.06. The van der Waals surface area contributed by atoms with Crippen molar-refractivity contribution >= 4 is 16.6 Å². The molecule has 0 aliphatic rings. The molecule has 0 unspecified atom stereocenters. The van der Waals surface area contributed by atoms with Crippen LogP contribution in [0.2, 0.25) is 0 Å². The molecule has 0 saturated heterocycles. The van der Waals surface area contributed by atoms with E-state index in [1.165, 1.54) is 0 Å². The summed E-state index contributed by atoms with van der Waals surface area (Å²) in [6.45, 7) is 0. The van der Waals surface area contributed by atoms with Gasteiger partial charge in [-0.1, -0.05) is 18.2 Å². The minimum Gasteiger partial charge on any atom is -0.289 e. The Morgan fingerprint density at radius 1 is 1.00 bits per heavy atom. The number of rotatable bonds is 2. The van der Waals surface area contributed by atoms with E-state index in [0.717, 1.165) is 23.6 Å². The zero-order chi connectivity index (χ0) is 14.1. The van der Waals surface area contributed by atoms with Crippen LogP contribution in [0.5, 0.6) is 0 Å². The fourth-order valence-corrected chi connectivity index (χ4v) is 2.16. The summed E-state index contributed by atoms with van der Waals surface area (Å²) in [6, 6.07) is 9.69. The van der Waals surface area contributed by atoms with Crippen molar-refractivity contribution in [1.82, 2.24) is 4.98 Å². The molecule has 0 radical (unpaired) electrons. The van der Waals surface area contributed by atoms with Crippen molar-refractivity contribution in [3.05, 3.63) is 77.6 Å². The lowest BCUT2D eigenvalue weighted by molar-refractivity contribution is 0.103. The molecule has 1 heterocycles. The Kier molecular flexibility index (Phi) is 2.99. The van der Waals surface area contributed by atoms with Gasteiger partial charge in [0.25, 0.3) is 0 Å². The number of hydrogen-bond donors (Lipinski definition) is 0. The zero-order valence-electron chi connectivity index (χ0n) is 10.3. The molecule has 0 amide bonds. The summed E-state index contributed by atoms with van der Waals surface area (Å²) in [5.74, 6) is -1.95. The molecule has 2 nitrogen and oxygen atoms in total. The van der Waals surface area contributed by atoms with Crippen molar-refractivity contribution in [3.8, 4) is 0 Å². The maximum Gasteiger partial charge on any atom is 0.193 e. The Hall–Kier alpha value is -2.62. The third kappa shape index (κ3) is 2.16. The van der Waals surface area contributed by atoms with Gasteiger partial charge in [0, 0.05) is 35.0 Å². The van der Waals surface area contributed by atoms with Crippen molar-refractivity contribution in [1.29, 1.82) is 0 Å². The third-order valence-electron chi connectivity index (χ3n) is 3.05. The van der Waals surface area contributed by atoms with E-state index in [0.29, 0.717) is 10.9 Å². The van der Waals surface area contributed by atoms with E-state index in [4.69, 9.17) is 0 Å². The first kappa shape index (κ1) is 12.4. The molecule has 98 valence electrons. The summed E-state index contributed by atoms with van der Waals surface area (Å²) in [5, 5.41) is 1.51. The Morgan fingerprint density at radius 2 is 1.75 bits per heavy atom. The maximum atomic E-state index is 13.2. The van der Waals surface area contributed by atoms with Gasteiger partial charge in [-0.3, -0.25) is 9.78 Å². The number of benzene rings is 2. The fourth-order valence-electron chi connectivity index (χ4n) is 2.16. The van der Waals surface area contributed by atoms with Gasteiger partial charge in [0.2, 0.25) is 0 Å². The Balaban J connectivity index is 2.17. The van der Waals surface area contributed by atoms with Crippen LogP contribution in [0.15, 0.2) is 54.9 Å². The van der Waals surface area contributed by atoms with Gasteiger partial charge in [-0.15, -0.1) is 0 Å². The SMILES string of the molecule is O=C(c1cc(F)cc(F)c1)c1cccc2cnccc12. The van der Waals surface area contributed by atoms with Gasteiger partial charge in [-0.05, 0) is 23.6 Å². The maximum absolute atomic E-state index is 13.2. The largest absolute Gasteiger partial charge is 0.289 e. The van der Waals surface area contributed by atoms with Crippen LogP contribution >= 0.6 is 0 Å². The van der Waals surface area contributed by atoms with Crippen molar-refractivity contribution < 1.29 is 13.6 Å². The van der Waals surface area contributed by atoms with E-state index in [2.05, 4.69) is 4.98 Å². The van der Waals surface area contributed by atoms with Gasteiger partial charge in [-0.2, -0.15) is 0 Å². The second kappa shape index (κ2) is 4.81. The number of aromatic nitrogens is 1. The van der Waals surface area contributed by atoms with Gasteiger partial charge in [0.1, 0.15) is 11.6 Å². The van der Waals surface area contributed by atoms with Crippen molar-refractivity contribution in [3.63, 3.8) is 0 Å². The molecule has 20 heavy (non-hydrogen) atoms. The summed E-state index contributed by atoms with van der Waals surface area (Å²) in [6.07, 6.45) is 3.21. The smallest absolute Gasteiger partial charge is 0.193 e. The first-order chi connectivity index (χ1) is 9.65. The third-order valence-corrected chi connectivity index (χ3v) is 3.05. The van der Waals surface area contributed by atoms with Crippen LogP contribution in [-0.4, -0.2) is 10.8 Å². The molecular weight excluding hydrogens is 260 g/mol. The molecule has 0 bridgehead atoms. The van der Waals surface area contributed by atoms with E-state index in [9.17, 15) is 13.6 Å². The lowest BCUT2D eigenvalue weighted by Crippen LogP contribution is -2.03. The highest BCUT2D eigenvalue weighted by Crippen LogP contribution is 2.21. The molecule has 2 aromatic carbocycles. The standard InChI is InChI=1S/C16H9F2NO/c17-12-6-11(7-13(18)8-12)16(20)15-3-1-2-10-9-19-5-4-14(10)15/h1-9H. The number of carbonyl (C=O) groups is 1. The molecule has 0 fully saturated rings.